The van der Waals surface area contributed by atoms with Crippen LogP contribution < -0.4 is 8.61 Å². The van der Waals surface area contributed by atoms with Crippen LogP contribution in [0.4, 0.5) is 11.4 Å². The summed E-state index contributed by atoms with van der Waals surface area (Å²) in [5.74, 6) is 0. The molecular weight excluding hydrogens is 272 g/mol. The fraction of sp³-hybridized carbons (Fsp3) is 0.200. The minimum absolute atomic E-state index is 0.983. The molecule has 0 aliphatic carbocycles. The van der Waals surface area contributed by atoms with Gasteiger partial charge in [-0.25, -0.2) is 0 Å². The number of anilines is 2. The molecule has 0 heterocycles. The van der Waals surface area contributed by atoms with Crippen LogP contribution in [0.5, 0.6) is 0 Å². The average Bonchev–Trinajstić information content (AvgIpc) is 2.49. The minimum Gasteiger partial charge on any atom is -0.319 e. The molecule has 0 amide bonds. The summed E-state index contributed by atoms with van der Waals surface area (Å²) in [7, 11) is 4.20. The van der Waals surface area contributed by atoms with Crippen LogP contribution in [-0.2, 0) is 0 Å². The molecule has 0 aromatic heterocycles. The van der Waals surface area contributed by atoms with Crippen molar-refractivity contribution in [2.45, 2.75) is 0 Å². The number of nitrogens with zero attached hydrogens (tertiary/aromatic N) is 2. The highest BCUT2D eigenvalue weighted by Gasteiger charge is 2.04. The normalized spacial score (nSPS) is 10.2. The summed E-state index contributed by atoms with van der Waals surface area (Å²) in [5, 5.41) is 0.983. The Hall–Kier alpha value is -1.26. The molecule has 0 aliphatic rings. The van der Waals surface area contributed by atoms with Gasteiger partial charge in [0.25, 0.3) is 0 Å². The topological polar surface area (TPSA) is 6.48 Å². The lowest BCUT2D eigenvalue weighted by Gasteiger charge is -2.21. The first kappa shape index (κ1) is 14.2. The molecule has 100 valence electrons. The van der Waals surface area contributed by atoms with Gasteiger partial charge in [-0.2, -0.15) is 0 Å². The van der Waals surface area contributed by atoms with Gasteiger partial charge in [0.2, 0.25) is 0 Å². The van der Waals surface area contributed by atoms with E-state index in [0.29, 0.717) is 0 Å². The van der Waals surface area contributed by atoms with Gasteiger partial charge in [0.15, 0.2) is 0 Å². The quantitative estimate of drug-likeness (QED) is 0.570. The third-order valence-corrected chi connectivity index (χ3v) is 4.77. The zero-order valence-electron chi connectivity index (χ0n) is 11.2. The fourth-order valence-corrected chi connectivity index (χ4v) is 3.60. The molecule has 19 heavy (non-hydrogen) atoms. The Morgan fingerprint density at radius 3 is 1.42 bits per heavy atom. The van der Waals surface area contributed by atoms with Gasteiger partial charge in [-0.1, -0.05) is 36.4 Å². The lowest BCUT2D eigenvalue weighted by atomic mass is 10.3. The Kier molecular flexibility index (Phi) is 5.48. The van der Waals surface area contributed by atoms with E-state index in [-0.39, 0.29) is 0 Å². The Morgan fingerprint density at radius 2 is 1.05 bits per heavy atom. The maximum Gasteiger partial charge on any atom is 0.0792 e. The molecule has 2 aromatic carbocycles. The average molecular weight is 290 g/mol. The van der Waals surface area contributed by atoms with Crippen molar-refractivity contribution in [3.63, 3.8) is 0 Å². The Labute approximate surface area is 124 Å². The summed E-state index contributed by atoms with van der Waals surface area (Å²) in [6, 6.07) is 20.8. The predicted octanol–water partition coefficient (Wildman–Crippen LogP) is 4.51. The van der Waals surface area contributed by atoms with E-state index in [9.17, 15) is 0 Å². The van der Waals surface area contributed by atoms with Crippen LogP contribution in [0.1, 0.15) is 0 Å². The minimum atomic E-state index is 0.983. The van der Waals surface area contributed by atoms with Crippen molar-refractivity contribution >= 4 is 35.3 Å². The van der Waals surface area contributed by atoms with Crippen LogP contribution in [0, 0.1) is 0 Å². The monoisotopic (exact) mass is 290 g/mol. The Morgan fingerprint density at radius 1 is 0.684 bits per heavy atom. The maximum atomic E-state index is 2.20. The molecule has 2 aromatic rings. The number of benzene rings is 2. The van der Waals surface area contributed by atoms with Gasteiger partial charge in [0.05, 0.1) is 5.08 Å². The van der Waals surface area contributed by atoms with Crippen molar-refractivity contribution < 1.29 is 0 Å². The van der Waals surface area contributed by atoms with E-state index in [1.54, 1.807) is 0 Å². The maximum absolute atomic E-state index is 2.20. The molecule has 0 spiro atoms. The van der Waals surface area contributed by atoms with Crippen molar-refractivity contribution in [2.24, 2.45) is 0 Å². The van der Waals surface area contributed by atoms with Gasteiger partial charge < -0.3 is 8.61 Å². The lowest BCUT2D eigenvalue weighted by Crippen LogP contribution is -2.10. The molecule has 0 saturated heterocycles. The summed E-state index contributed by atoms with van der Waals surface area (Å²) in [6.45, 7) is 0. The molecule has 0 unspecified atom stereocenters. The summed E-state index contributed by atoms with van der Waals surface area (Å²) in [4.78, 5) is 0. The molecule has 0 atom stereocenters. The van der Waals surface area contributed by atoms with E-state index in [0.717, 1.165) is 5.08 Å². The predicted molar refractivity (Wildman–Crippen MR) is 89.7 cm³/mol. The van der Waals surface area contributed by atoms with Gasteiger partial charge in [0.1, 0.15) is 0 Å². The van der Waals surface area contributed by atoms with Crippen LogP contribution >= 0.6 is 23.9 Å². The van der Waals surface area contributed by atoms with Crippen molar-refractivity contribution in [3.8, 4) is 0 Å². The van der Waals surface area contributed by atoms with Gasteiger partial charge in [-0.05, 0) is 48.2 Å². The highest BCUT2D eigenvalue weighted by atomic mass is 32.2. The highest BCUT2D eigenvalue weighted by molar-refractivity contribution is 8.17. The van der Waals surface area contributed by atoms with Crippen LogP contribution in [0.2, 0.25) is 0 Å². The zero-order chi connectivity index (χ0) is 13.5. The van der Waals surface area contributed by atoms with Gasteiger partial charge in [0, 0.05) is 25.5 Å². The molecule has 0 fully saturated rings. The Balaban J connectivity index is 1.78. The van der Waals surface area contributed by atoms with E-state index >= 15 is 0 Å². The van der Waals surface area contributed by atoms with E-state index in [2.05, 4.69) is 71.2 Å². The molecule has 2 rings (SSSR count). The second kappa shape index (κ2) is 7.36. The first-order chi connectivity index (χ1) is 9.27. The molecular formula is C15H18N2S2. The van der Waals surface area contributed by atoms with Gasteiger partial charge >= 0.3 is 0 Å². The summed E-state index contributed by atoms with van der Waals surface area (Å²) in [6.07, 6.45) is 0. The lowest BCUT2D eigenvalue weighted by molar-refractivity contribution is 1.35. The van der Waals surface area contributed by atoms with Gasteiger partial charge in [-0.15, -0.1) is 0 Å². The summed E-state index contributed by atoms with van der Waals surface area (Å²) in [5.41, 5.74) is 2.46. The largest absolute Gasteiger partial charge is 0.319 e. The van der Waals surface area contributed by atoms with E-state index in [1.165, 1.54) is 11.4 Å². The Bertz CT molecular complexity index is 431. The molecule has 2 nitrogen and oxygen atoms in total. The zero-order valence-corrected chi connectivity index (χ0v) is 12.8. The number of rotatable bonds is 6. The van der Waals surface area contributed by atoms with E-state index in [4.69, 9.17) is 0 Å². The summed E-state index contributed by atoms with van der Waals surface area (Å²) < 4.78 is 4.40. The van der Waals surface area contributed by atoms with Crippen LogP contribution in [0.3, 0.4) is 0 Å². The third-order valence-electron chi connectivity index (χ3n) is 2.73. The number of hydrogen-bond acceptors (Lipinski definition) is 4. The number of hydrogen-bond donors (Lipinski definition) is 0. The first-order valence-corrected chi connectivity index (χ1v) is 7.99. The molecule has 4 heteroatoms. The number of para-hydroxylation sites is 2. The van der Waals surface area contributed by atoms with Crippen LogP contribution in [0.15, 0.2) is 60.7 Å². The van der Waals surface area contributed by atoms with Crippen molar-refractivity contribution in [1.29, 1.82) is 0 Å². The van der Waals surface area contributed by atoms with Crippen molar-refractivity contribution in [1.82, 2.24) is 0 Å². The smallest absolute Gasteiger partial charge is 0.0792 e. The molecule has 0 aliphatic heterocycles. The molecule has 0 radical (unpaired) electrons. The SMILES string of the molecule is CN(SCSN(C)c1ccccc1)c1ccccc1. The molecule has 0 saturated carbocycles. The van der Waals surface area contributed by atoms with Crippen LogP contribution in [0.25, 0.3) is 0 Å². The van der Waals surface area contributed by atoms with Crippen molar-refractivity contribution in [3.05, 3.63) is 60.7 Å². The fourth-order valence-electron chi connectivity index (χ4n) is 1.61. The van der Waals surface area contributed by atoms with Gasteiger partial charge in [-0.3, -0.25) is 0 Å². The highest BCUT2D eigenvalue weighted by Crippen LogP contribution is 2.26. The first-order valence-electron chi connectivity index (χ1n) is 6.11. The third kappa shape index (κ3) is 4.40. The summed E-state index contributed by atoms with van der Waals surface area (Å²) >= 11 is 3.61. The standard InChI is InChI=1S/C15H18N2S2/c1-16(14-9-5-3-6-10-14)18-13-19-17(2)15-11-7-4-8-12-15/h3-12H,13H2,1-2H3. The molecule has 0 bridgehead atoms. The van der Waals surface area contributed by atoms with E-state index < -0.39 is 0 Å². The second-order valence-electron chi connectivity index (χ2n) is 4.04. The molecule has 0 N–H and O–H groups in total. The van der Waals surface area contributed by atoms with E-state index in [1.807, 2.05) is 36.0 Å². The van der Waals surface area contributed by atoms with Crippen LogP contribution in [-0.4, -0.2) is 19.2 Å². The van der Waals surface area contributed by atoms with Crippen molar-refractivity contribution in [2.75, 3.05) is 27.8 Å². The second-order valence-corrected chi connectivity index (χ2v) is 6.60.